The lowest BCUT2D eigenvalue weighted by Gasteiger charge is -2.40. The molecule has 0 unspecified atom stereocenters. The maximum Gasteiger partial charge on any atom is 0.231 e. The van der Waals surface area contributed by atoms with E-state index in [9.17, 15) is 5.11 Å². The molecule has 4 rings (SSSR count). The van der Waals surface area contributed by atoms with Gasteiger partial charge in [0.1, 0.15) is 0 Å². The number of rotatable bonds is 5. The van der Waals surface area contributed by atoms with Crippen molar-refractivity contribution in [3.63, 3.8) is 0 Å². The summed E-state index contributed by atoms with van der Waals surface area (Å²) in [6.07, 6.45) is 1.29. The normalized spacial score (nSPS) is 24.6. The summed E-state index contributed by atoms with van der Waals surface area (Å²) in [4.78, 5) is 0. The van der Waals surface area contributed by atoms with Gasteiger partial charge in [-0.15, -0.1) is 6.58 Å². The van der Waals surface area contributed by atoms with Crippen molar-refractivity contribution in [3.8, 4) is 28.7 Å². The topological polar surface area (TPSA) is 66.4 Å². The standard InChI is InChI=1S/C23H26O6/c1-6-14-12(2)22(24)16-10-18-17(28-11-29-18)9-15(16)21(14)13-7-19(25-3)23(27-5)20(8-13)26-4/h6-10,12,14,21-22,24H,1,11H2,2-5H3/t12-,14+,21-,22-/m0/s1. The van der Waals surface area contributed by atoms with Gasteiger partial charge in [-0.05, 0) is 52.8 Å². The maximum atomic E-state index is 11.0. The first-order chi connectivity index (χ1) is 14.0. The fourth-order valence-electron chi connectivity index (χ4n) is 4.54. The molecule has 0 spiro atoms. The van der Waals surface area contributed by atoms with E-state index in [1.54, 1.807) is 21.3 Å². The van der Waals surface area contributed by atoms with Crippen LogP contribution in [0.2, 0.25) is 0 Å². The van der Waals surface area contributed by atoms with Crippen molar-refractivity contribution >= 4 is 0 Å². The lowest BCUT2D eigenvalue weighted by Crippen LogP contribution is -2.31. The number of hydrogen-bond donors (Lipinski definition) is 1. The quantitative estimate of drug-likeness (QED) is 0.767. The first-order valence-electron chi connectivity index (χ1n) is 9.58. The lowest BCUT2D eigenvalue weighted by atomic mass is 9.65. The summed E-state index contributed by atoms with van der Waals surface area (Å²) in [5.74, 6) is 2.97. The maximum absolute atomic E-state index is 11.0. The SMILES string of the molecule is C=C[C@H]1[C@H](c2cc(OC)c(OC)c(OC)c2)c2cc3c(cc2[C@@H](O)[C@H]1C)OCO3. The second kappa shape index (κ2) is 7.52. The van der Waals surface area contributed by atoms with Crippen LogP contribution in [0.4, 0.5) is 0 Å². The molecule has 6 heteroatoms. The van der Waals surface area contributed by atoms with Crippen LogP contribution < -0.4 is 23.7 Å². The van der Waals surface area contributed by atoms with E-state index in [0.717, 1.165) is 16.7 Å². The highest BCUT2D eigenvalue weighted by Crippen LogP contribution is 2.53. The van der Waals surface area contributed by atoms with Crippen LogP contribution in [0.3, 0.4) is 0 Å². The van der Waals surface area contributed by atoms with Gasteiger partial charge >= 0.3 is 0 Å². The number of aliphatic hydroxyl groups excluding tert-OH is 1. The van der Waals surface area contributed by atoms with Crippen LogP contribution in [0, 0.1) is 11.8 Å². The van der Waals surface area contributed by atoms with Crippen molar-refractivity contribution < 1.29 is 28.8 Å². The molecule has 0 fully saturated rings. The lowest BCUT2D eigenvalue weighted by molar-refractivity contribution is 0.0773. The summed E-state index contributed by atoms with van der Waals surface area (Å²) in [5.41, 5.74) is 2.82. The second-order valence-corrected chi connectivity index (χ2v) is 7.39. The largest absolute Gasteiger partial charge is 0.493 e. The minimum absolute atomic E-state index is 0.000628. The summed E-state index contributed by atoms with van der Waals surface area (Å²) in [7, 11) is 4.79. The zero-order chi connectivity index (χ0) is 20.7. The van der Waals surface area contributed by atoms with Gasteiger partial charge in [0.25, 0.3) is 0 Å². The Morgan fingerprint density at radius 3 is 2.07 bits per heavy atom. The second-order valence-electron chi connectivity index (χ2n) is 7.39. The Bertz CT molecular complexity index is 912. The van der Waals surface area contributed by atoms with Crippen molar-refractivity contribution in [2.75, 3.05) is 28.1 Å². The van der Waals surface area contributed by atoms with Gasteiger partial charge in [-0.1, -0.05) is 13.0 Å². The Morgan fingerprint density at radius 1 is 0.966 bits per heavy atom. The molecule has 0 saturated carbocycles. The van der Waals surface area contributed by atoms with E-state index in [4.69, 9.17) is 23.7 Å². The number of allylic oxidation sites excluding steroid dienone is 1. The Balaban J connectivity index is 1.95. The highest BCUT2D eigenvalue weighted by Gasteiger charge is 2.41. The predicted molar refractivity (Wildman–Crippen MR) is 108 cm³/mol. The summed E-state index contributed by atoms with van der Waals surface area (Å²) in [5, 5.41) is 11.0. The molecule has 6 nitrogen and oxygen atoms in total. The average Bonchev–Trinajstić information content (AvgIpc) is 3.21. The molecular weight excluding hydrogens is 372 g/mol. The van der Waals surface area contributed by atoms with E-state index in [2.05, 4.69) is 6.58 Å². The third kappa shape index (κ3) is 2.99. The van der Waals surface area contributed by atoms with Crippen molar-refractivity contribution in [2.45, 2.75) is 18.9 Å². The third-order valence-electron chi connectivity index (χ3n) is 6.04. The van der Waals surface area contributed by atoms with Gasteiger partial charge < -0.3 is 28.8 Å². The smallest absolute Gasteiger partial charge is 0.231 e. The van der Waals surface area contributed by atoms with Crippen LogP contribution in [0.15, 0.2) is 36.9 Å². The van der Waals surface area contributed by atoms with E-state index >= 15 is 0 Å². The fraction of sp³-hybridized carbons (Fsp3) is 0.391. The molecule has 0 amide bonds. The average molecular weight is 398 g/mol. The van der Waals surface area contributed by atoms with Gasteiger partial charge in [-0.3, -0.25) is 0 Å². The van der Waals surface area contributed by atoms with Gasteiger partial charge in [0.15, 0.2) is 23.0 Å². The van der Waals surface area contributed by atoms with Crippen molar-refractivity contribution in [3.05, 3.63) is 53.6 Å². The number of aliphatic hydroxyl groups is 1. The Labute approximate surface area is 170 Å². The van der Waals surface area contributed by atoms with Gasteiger partial charge in [-0.2, -0.15) is 0 Å². The molecule has 0 saturated heterocycles. The molecular formula is C23H26O6. The van der Waals surface area contributed by atoms with Gasteiger partial charge in [0, 0.05) is 5.92 Å². The number of benzene rings is 2. The Hall–Kier alpha value is -2.86. The molecule has 2 aliphatic rings. The van der Waals surface area contributed by atoms with Crippen molar-refractivity contribution in [1.29, 1.82) is 0 Å². The zero-order valence-electron chi connectivity index (χ0n) is 17.1. The molecule has 0 radical (unpaired) electrons. The van der Waals surface area contributed by atoms with Crippen LogP contribution in [-0.2, 0) is 0 Å². The fourth-order valence-corrected chi connectivity index (χ4v) is 4.54. The molecule has 1 aliphatic carbocycles. The molecule has 1 aliphatic heterocycles. The van der Waals surface area contributed by atoms with Crippen LogP contribution in [0.25, 0.3) is 0 Å². The Morgan fingerprint density at radius 2 is 1.55 bits per heavy atom. The third-order valence-corrected chi connectivity index (χ3v) is 6.04. The van der Waals surface area contributed by atoms with Crippen LogP contribution >= 0.6 is 0 Å². The number of ether oxygens (including phenoxy) is 5. The van der Waals surface area contributed by atoms with Crippen LogP contribution in [0.1, 0.15) is 35.6 Å². The van der Waals surface area contributed by atoms with E-state index in [0.29, 0.717) is 28.7 Å². The molecule has 0 bridgehead atoms. The van der Waals surface area contributed by atoms with Crippen LogP contribution in [-0.4, -0.2) is 33.2 Å². The zero-order valence-corrected chi connectivity index (χ0v) is 17.1. The monoisotopic (exact) mass is 398 g/mol. The highest BCUT2D eigenvalue weighted by molar-refractivity contribution is 5.59. The predicted octanol–water partition coefficient (Wildman–Crippen LogP) is 4.06. The summed E-state index contributed by atoms with van der Waals surface area (Å²) in [6.45, 7) is 6.28. The van der Waals surface area contributed by atoms with E-state index in [1.165, 1.54) is 0 Å². The first kappa shape index (κ1) is 19.5. The summed E-state index contributed by atoms with van der Waals surface area (Å²) in [6, 6.07) is 7.78. The van der Waals surface area contributed by atoms with Crippen LogP contribution in [0.5, 0.6) is 28.7 Å². The van der Waals surface area contributed by atoms with Gasteiger partial charge in [-0.25, -0.2) is 0 Å². The molecule has 1 N–H and O–H groups in total. The summed E-state index contributed by atoms with van der Waals surface area (Å²) >= 11 is 0. The molecule has 0 aromatic heterocycles. The van der Waals surface area contributed by atoms with Crippen molar-refractivity contribution in [1.82, 2.24) is 0 Å². The van der Waals surface area contributed by atoms with Crippen molar-refractivity contribution in [2.24, 2.45) is 11.8 Å². The molecule has 154 valence electrons. The molecule has 2 aromatic carbocycles. The minimum atomic E-state index is -0.624. The number of hydrogen-bond acceptors (Lipinski definition) is 6. The minimum Gasteiger partial charge on any atom is -0.493 e. The van der Waals surface area contributed by atoms with Gasteiger partial charge in [0.05, 0.1) is 27.4 Å². The molecule has 2 aromatic rings. The highest BCUT2D eigenvalue weighted by atomic mass is 16.7. The Kier molecular flexibility index (Phi) is 5.04. The van der Waals surface area contributed by atoms with Gasteiger partial charge in [0.2, 0.25) is 12.5 Å². The molecule has 1 heterocycles. The van der Waals surface area contributed by atoms with E-state index in [-0.39, 0.29) is 24.5 Å². The number of methoxy groups -OCH3 is 3. The first-order valence-corrected chi connectivity index (χ1v) is 9.58. The number of fused-ring (bicyclic) bond motifs is 2. The molecule has 4 atom stereocenters. The van der Waals surface area contributed by atoms with E-state index in [1.807, 2.05) is 37.3 Å². The molecule has 29 heavy (non-hydrogen) atoms. The summed E-state index contributed by atoms with van der Waals surface area (Å²) < 4.78 is 27.7. The van der Waals surface area contributed by atoms with E-state index < -0.39 is 6.10 Å².